The molecule has 1 aromatic heterocycles. The van der Waals surface area contributed by atoms with Gasteiger partial charge in [0.2, 0.25) is 10.0 Å². The van der Waals surface area contributed by atoms with Crippen LogP contribution in [0.3, 0.4) is 0 Å². The molecule has 0 amide bonds. The van der Waals surface area contributed by atoms with E-state index in [4.69, 9.17) is 5.84 Å². The van der Waals surface area contributed by atoms with Crippen molar-refractivity contribution in [1.29, 1.82) is 0 Å². The van der Waals surface area contributed by atoms with Crippen LogP contribution >= 0.6 is 0 Å². The number of nitrogens with two attached hydrogens (primary N) is 1. The zero-order chi connectivity index (χ0) is 15.3. The third-order valence-corrected chi connectivity index (χ3v) is 4.60. The molecule has 1 aromatic carbocycles. The first-order valence-electron chi connectivity index (χ1n) is 6.50. The summed E-state index contributed by atoms with van der Waals surface area (Å²) in [5.41, 5.74) is 4.60. The molecule has 0 aliphatic heterocycles. The number of hydrogen-bond acceptors (Lipinski definition) is 5. The Labute approximate surface area is 124 Å². The zero-order valence-corrected chi connectivity index (χ0v) is 12.5. The van der Waals surface area contributed by atoms with E-state index in [-0.39, 0.29) is 4.90 Å². The minimum atomic E-state index is -3.56. The monoisotopic (exact) mass is 306 g/mol. The Kier molecular flexibility index (Phi) is 4.89. The fourth-order valence-corrected chi connectivity index (χ4v) is 3.00. The predicted octanol–water partition coefficient (Wildman–Crippen LogP) is 1.20. The zero-order valence-electron chi connectivity index (χ0n) is 11.7. The lowest BCUT2D eigenvalue weighted by atomic mass is 10.1. The third-order valence-electron chi connectivity index (χ3n) is 3.14. The summed E-state index contributed by atoms with van der Waals surface area (Å²) in [4.78, 5) is 4.02. The standard InChI is InChI=1S/C14H18N4O2S/c1-11-4-2-3-5-12(11)6-9-17-21(19,20)13-7-8-16-14(10-13)18-15/h2-5,7-8,10,17H,6,9,15H2,1H3,(H,16,18). The van der Waals surface area contributed by atoms with Gasteiger partial charge in [0.15, 0.2) is 0 Å². The molecule has 0 bridgehead atoms. The second-order valence-electron chi connectivity index (χ2n) is 4.60. The van der Waals surface area contributed by atoms with E-state index in [0.29, 0.717) is 18.8 Å². The molecule has 0 fully saturated rings. The lowest BCUT2D eigenvalue weighted by molar-refractivity contribution is 0.581. The maximum Gasteiger partial charge on any atom is 0.240 e. The van der Waals surface area contributed by atoms with Crippen molar-refractivity contribution in [3.8, 4) is 0 Å². The van der Waals surface area contributed by atoms with Gasteiger partial charge >= 0.3 is 0 Å². The molecule has 1 heterocycles. The Hall–Kier alpha value is -1.96. The van der Waals surface area contributed by atoms with E-state index in [0.717, 1.165) is 11.1 Å². The lowest BCUT2D eigenvalue weighted by Gasteiger charge is -2.09. The molecule has 2 aromatic rings. The van der Waals surface area contributed by atoms with Crippen molar-refractivity contribution in [2.45, 2.75) is 18.2 Å². The number of nitrogens with one attached hydrogen (secondary N) is 2. The molecule has 0 atom stereocenters. The molecule has 7 heteroatoms. The molecular weight excluding hydrogens is 288 g/mol. The van der Waals surface area contributed by atoms with E-state index in [1.54, 1.807) is 0 Å². The van der Waals surface area contributed by atoms with Crippen molar-refractivity contribution < 1.29 is 8.42 Å². The molecule has 0 aliphatic carbocycles. The first-order valence-corrected chi connectivity index (χ1v) is 7.98. The van der Waals surface area contributed by atoms with Gasteiger partial charge in [-0.2, -0.15) is 0 Å². The largest absolute Gasteiger partial charge is 0.308 e. The third kappa shape index (κ3) is 4.01. The highest BCUT2D eigenvalue weighted by Crippen LogP contribution is 2.12. The summed E-state index contributed by atoms with van der Waals surface area (Å²) in [6, 6.07) is 10.7. The van der Waals surface area contributed by atoms with E-state index in [9.17, 15) is 8.42 Å². The first kappa shape index (κ1) is 15.4. The van der Waals surface area contributed by atoms with Crippen LogP contribution in [0, 0.1) is 6.92 Å². The van der Waals surface area contributed by atoms with Gasteiger partial charge in [-0.25, -0.2) is 24.0 Å². The van der Waals surface area contributed by atoms with Gasteiger partial charge in [0.05, 0.1) is 4.90 Å². The summed E-state index contributed by atoms with van der Waals surface area (Å²) >= 11 is 0. The summed E-state index contributed by atoms with van der Waals surface area (Å²) in [6.07, 6.45) is 2.03. The molecule has 6 nitrogen and oxygen atoms in total. The van der Waals surface area contributed by atoms with Gasteiger partial charge in [0.25, 0.3) is 0 Å². The Morgan fingerprint density at radius 1 is 1.24 bits per heavy atom. The van der Waals surface area contributed by atoms with E-state index < -0.39 is 10.0 Å². The molecule has 0 spiro atoms. The van der Waals surface area contributed by atoms with Crippen LogP contribution < -0.4 is 16.0 Å². The molecule has 0 saturated carbocycles. The van der Waals surface area contributed by atoms with Crippen molar-refractivity contribution in [2.24, 2.45) is 5.84 Å². The van der Waals surface area contributed by atoms with Crippen LogP contribution in [-0.2, 0) is 16.4 Å². The van der Waals surface area contributed by atoms with Crippen molar-refractivity contribution in [3.05, 3.63) is 53.7 Å². The highest BCUT2D eigenvalue weighted by molar-refractivity contribution is 7.89. The molecule has 0 saturated heterocycles. The van der Waals surface area contributed by atoms with Crippen LogP contribution in [0.2, 0.25) is 0 Å². The number of benzene rings is 1. The molecule has 0 radical (unpaired) electrons. The minimum Gasteiger partial charge on any atom is -0.308 e. The van der Waals surface area contributed by atoms with Crippen LogP contribution in [0.1, 0.15) is 11.1 Å². The SMILES string of the molecule is Cc1ccccc1CCNS(=O)(=O)c1ccnc(NN)c1. The van der Waals surface area contributed by atoms with Crippen molar-refractivity contribution in [1.82, 2.24) is 9.71 Å². The van der Waals surface area contributed by atoms with Gasteiger partial charge in [-0.1, -0.05) is 24.3 Å². The number of hydrogen-bond donors (Lipinski definition) is 3. The maximum absolute atomic E-state index is 12.2. The number of rotatable bonds is 6. The summed E-state index contributed by atoms with van der Waals surface area (Å²) in [5.74, 6) is 5.53. The van der Waals surface area contributed by atoms with Crippen molar-refractivity contribution in [2.75, 3.05) is 12.0 Å². The molecule has 21 heavy (non-hydrogen) atoms. The molecule has 112 valence electrons. The fraction of sp³-hybridized carbons (Fsp3) is 0.214. The lowest BCUT2D eigenvalue weighted by Crippen LogP contribution is -2.26. The van der Waals surface area contributed by atoms with E-state index in [1.807, 2.05) is 31.2 Å². The van der Waals surface area contributed by atoms with Gasteiger partial charge in [-0.15, -0.1) is 0 Å². The van der Waals surface area contributed by atoms with Crippen LogP contribution in [0.25, 0.3) is 0 Å². The quantitative estimate of drug-likeness (QED) is 0.550. The first-order chi connectivity index (χ1) is 10.0. The Bertz CT molecular complexity index is 716. The number of nitrogens with zero attached hydrogens (tertiary/aromatic N) is 1. The highest BCUT2D eigenvalue weighted by atomic mass is 32.2. The predicted molar refractivity (Wildman–Crippen MR) is 82.1 cm³/mol. The van der Waals surface area contributed by atoms with Crippen LogP contribution in [0.15, 0.2) is 47.5 Å². The van der Waals surface area contributed by atoms with Crippen LogP contribution in [-0.4, -0.2) is 19.9 Å². The van der Waals surface area contributed by atoms with Gasteiger partial charge in [0, 0.05) is 18.8 Å². The molecule has 0 aliphatic rings. The second kappa shape index (κ2) is 6.66. The van der Waals surface area contributed by atoms with Crippen molar-refractivity contribution >= 4 is 15.8 Å². The average molecular weight is 306 g/mol. The van der Waals surface area contributed by atoms with Crippen LogP contribution in [0.4, 0.5) is 5.82 Å². The van der Waals surface area contributed by atoms with Gasteiger partial charge in [0.1, 0.15) is 5.82 Å². The number of aryl methyl sites for hydroxylation is 1. The molecular formula is C14H18N4O2S. The summed E-state index contributed by atoms with van der Waals surface area (Å²) in [6.45, 7) is 2.34. The molecule has 2 rings (SSSR count). The van der Waals surface area contributed by atoms with Crippen molar-refractivity contribution in [3.63, 3.8) is 0 Å². The summed E-state index contributed by atoms with van der Waals surface area (Å²) in [5, 5.41) is 0. The second-order valence-corrected chi connectivity index (χ2v) is 6.36. The van der Waals surface area contributed by atoms with Gasteiger partial charge < -0.3 is 5.43 Å². The van der Waals surface area contributed by atoms with Gasteiger partial charge in [-0.3, -0.25) is 0 Å². The Balaban J connectivity index is 2.03. The summed E-state index contributed by atoms with van der Waals surface area (Å²) in [7, 11) is -3.56. The molecule has 0 unspecified atom stereocenters. The number of pyridine rings is 1. The smallest absolute Gasteiger partial charge is 0.240 e. The number of anilines is 1. The Morgan fingerprint density at radius 3 is 2.71 bits per heavy atom. The number of sulfonamides is 1. The van der Waals surface area contributed by atoms with Crippen LogP contribution in [0.5, 0.6) is 0 Å². The fourth-order valence-electron chi connectivity index (χ4n) is 1.95. The van der Waals surface area contributed by atoms with Gasteiger partial charge in [-0.05, 0) is 30.5 Å². The minimum absolute atomic E-state index is 0.134. The van der Waals surface area contributed by atoms with E-state index in [2.05, 4.69) is 15.1 Å². The Morgan fingerprint density at radius 2 is 2.00 bits per heavy atom. The summed E-state index contributed by atoms with van der Waals surface area (Å²) < 4.78 is 26.9. The topological polar surface area (TPSA) is 97.1 Å². The van der Waals surface area contributed by atoms with E-state index >= 15 is 0 Å². The highest BCUT2D eigenvalue weighted by Gasteiger charge is 2.14. The maximum atomic E-state index is 12.2. The molecule has 4 N–H and O–H groups in total. The van der Waals surface area contributed by atoms with E-state index in [1.165, 1.54) is 18.3 Å². The number of hydrazine groups is 1. The number of nitrogen functional groups attached to an aromatic ring is 1. The normalized spacial score (nSPS) is 11.3. The average Bonchev–Trinajstić information content (AvgIpc) is 2.49. The number of aromatic nitrogens is 1.